The topological polar surface area (TPSA) is 44.1 Å². The van der Waals surface area contributed by atoms with Crippen LogP contribution in [0.4, 0.5) is 0 Å². The molecular weight excluding hydrogens is 263 g/mol. The highest BCUT2D eigenvalue weighted by molar-refractivity contribution is 6.35. The SMILES string of the molecule is O=C(Cn1ccnc1)Oc1ccc(Cl)cc1Cl. The second-order valence-electron chi connectivity index (χ2n) is 3.28. The Hall–Kier alpha value is -1.52. The van der Waals surface area contributed by atoms with Crippen molar-refractivity contribution in [3.8, 4) is 5.75 Å². The Morgan fingerprint density at radius 3 is 2.88 bits per heavy atom. The molecule has 0 N–H and O–H groups in total. The predicted molar refractivity (Wildman–Crippen MR) is 64.3 cm³/mol. The zero-order valence-corrected chi connectivity index (χ0v) is 10.1. The maximum Gasteiger partial charge on any atom is 0.331 e. The van der Waals surface area contributed by atoms with Crippen LogP contribution < -0.4 is 4.74 Å². The van der Waals surface area contributed by atoms with Gasteiger partial charge >= 0.3 is 5.97 Å². The van der Waals surface area contributed by atoms with E-state index in [4.69, 9.17) is 27.9 Å². The summed E-state index contributed by atoms with van der Waals surface area (Å²) < 4.78 is 6.70. The molecule has 1 heterocycles. The van der Waals surface area contributed by atoms with Crippen LogP contribution in [0.1, 0.15) is 0 Å². The summed E-state index contributed by atoms with van der Waals surface area (Å²) in [4.78, 5) is 15.4. The van der Waals surface area contributed by atoms with Gasteiger partial charge in [0.2, 0.25) is 0 Å². The lowest BCUT2D eigenvalue weighted by Crippen LogP contribution is -2.15. The van der Waals surface area contributed by atoms with Crippen molar-refractivity contribution in [2.75, 3.05) is 0 Å². The fraction of sp³-hybridized carbons (Fsp3) is 0.0909. The van der Waals surface area contributed by atoms with Gasteiger partial charge in [0.25, 0.3) is 0 Å². The highest BCUT2D eigenvalue weighted by atomic mass is 35.5. The van der Waals surface area contributed by atoms with Crippen molar-refractivity contribution in [1.82, 2.24) is 9.55 Å². The summed E-state index contributed by atoms with van der Waals surface area (Å²) in [6.45, 7) is 0.0823. The summed E-state index contributed by atoms with van der Waals surface area (Å²) in [5, 5.41) is 0.792. The molecule has 0 saturated heterocycles. The predicted octanol–water partition coefficient (Wildman–Crippen LogP) is 2.80. The van der Waals surface area contributed by atoms with E-state index in [1.165, 1.54) is 12.4 Å². The van der Waals surface area contributed by atoms with E-state index in [-0.39, 0.29) is 6.54 Å². The van der Waals surface area contributed by atoms with Gasteiger partial charge in [-0.25, -0.2) is 9.78 Å². The average Bonchev–Trinajstić information content (AvgIpc) is 2.75. The molecule has 0 aliphatic heterocycles. The van der Waals surface area contributed by atoms with Crippen molar-refractivity contribution in [2.45, 2.75) is 6.54 Å². The molecule has 0 aliphatic rings. The summed E-state index contributed by atoms with van der Waals surface area (Å²) in [5.74, 6) is -0.131. The molecule has 88 valence electrons. The van der Waals surface area contributed by atoms with Gasteiger partial charge in [-0.2, -0.15) is 0 Å². The second kappa shape index (κ2) is 5.21. The molecule has 0 amide bonds. The van der Waals surface area contributed by atoms with E-state index in [0.29, 0.717) is 15.8 Å². The van der Waals surface area contributed by atoms with Crippen molar-refractivity contribution < 1.29 is 9.53 Å². The Morgan fingerprint density at radius 2 is 2.24 bits per heavy atom. The van der Waals surface area contributed by atoms with Crippen molar-refractivity contribution in [1.29, 1.82) is 0 Å². The lowest BCUT2D eigenvalue weighted by molar-refractivity contribution is -0.135. The maximum atomic E-state index is 11.6. The Balaban J connectivity index is 2.03. The van der Waals surface area contributed by atoms with Gasteiger partial charge in [-0.1, -0.05) is 23.2 Å². The third kappa shape index (κ3) is 3.22. The van der Waals surface area contributed by atoms with Gasteiger partial charge in [-0.3, -0.25) is 0 Å². The standard InChI is InChI=1S/C11H8Cl2N2O2/c12-8-1-2-10(9(13)5-8)17-11(16)6-15-4-3-14-7-15/h1-5,7H,6H2. The quantitative estimate of drug-likeness (QED) is 0.637. The first kappa shape index (κ1) is 12.0. The highest BCUT2D eigenvalue weighted by Crippen LogP contribution is 2.27. The van der Waals surface area contributed by atoms with Crippen LogP contribution in [-0.2, 0) is 11.3 Å². The molecule has 0 radical (unpaired) electrons. The van der Waals surface area contributed by atoms with Gasteiger partial charge in [0.15, 0.2) is 0 Å². The van der Waals surface area contributed by atoms with Crippen molar-refractivity contribution in [3.63, 3.8) is 0 Å². The van der Waals surface area contributed by atoms with Crippen LogP contribution in [0.5, 0.6) is 5.75 Å². The van der Waals surface area contributed by atoms with Crippen LogP contribution in [0.25, 0.3) is 0 Å². The summed E-state index contributed by atoms with van der Waals surface area (Å²) in [5.41, 5.74) is 0. The smallest absolute Gasteiger partial charge is 0.331 e. The van der Waals surface area contributed by atoms with Crippen molar-refractivity contribution in [3.05, 3.63) is 47.0 Å². The number of carbonyl (C=O) groups excluding carboxylic acids is 1. The fourth-order valence-electron chi connectivity index (χ4n) is 1.24. The molecule has 6 heteroatoms. The molecule has 0 bridgehead atoms. The van der Waals surface area contributed by atoms with Crippen molar-refractivity contribution in [2.24, 2.45) is 0 Å². The minimum absolute atomic E-state index is 0.0823. The molecular formula is C11H8Cl2N2O2. The molecule has 1 aromatic carbocycles. The van der Waals surface area contributed by atoms with Crippen molar-refractivity contribution >= 4 is 29.2 Å². The molecule has 0 aliphatic carbocycles. The first-order chi connectivity index (χ1) is 8.15. The van der Waals surface area contributed by atoms with Gasteiger partial charge in [0.05, 0.1) is 11.3 Å². The molecule has 0 fully saturated rings. The monoisotopic (exact) mass is 270 g/mol. The highest BCUT2D eigenvalue weighted by Gasteiger charge is 2.09. The first-order valence-electron chi connectivity index (χ1n) is 4.76. The van der Waals surface area contributed by atoms with Crippen LogP contribution in [0, 0.1) is 0 Å². The third-order valence-corrected chi connectivity index (χ3v) is 2.52. The summed E-state index contributed by atoms with van der Waals surface area (Å²) in [6, 6.07) is 4.67. The minimum atomic E-state index is -0.424. The van der Waals surface area contributed by atoms with E-state index >= 15 is 0 Å². The molecule has 1 aromatic heterocycles. The first-order valence-corrected chi connectivity index (χ1v) is 5.52. The largest absolute Gasteiger partial charge is 0.424 e. The van der Waals surface area contributed by atoms with Crippen LogP contribution in [-0.4, -0.2) is 15.5 Å². The average molecular weight is 271 g/mol. The van der Waals surface area contributed by atoms with E-state index < -0.39 is 5.97 Å². The number of imidazole rings is 1. The number of benzene rings is 1. The number of esters is 1. The molecule has 0 saturated carbocycles. The number of rotatable bonds is 3. The van der Waals surface area contributed by atoms with Gasteiger partial charge < -0.3 is 9.30 Å². The fourth-order valence-corrected chi connectivity index (χ4v) is 1.69. The third-order valence-electron chi connectivity index (χ3n) is 1.99. The number of carbonyl (C=O) groups is 1. The zero-order chi connectivity index (χ0) is 12.3. The Bertz CT molecular complexity index is 526. The van der Waals surface area contributed by atoms with Crippen LogP contribution in [0.3, 0.4) is 0 Å². The lowest BCUT2D eigenvalue weighted by Gasteiger charge is -2.06. The number of hydrogen-bond donors (Lipinski definition) is 0. The van der Waals surface area contributed by atoms with E-state index in [0.717, 1.165) is 0 Å². The van der Waals surface area contributed by atoms with E-state index in [1.54, 1.807) is 29.1 Å². The maximum absolute atomic E-state index is 11.6. The van der Waals surface area contributed by atoms with Gasteiger partial charge in [0.1, 0.15) is 12.3 Å². The molecule has 2 rings (SSSR count). The number of aromatic nitrogens is 2. The van der Waals surface area contributed by atoms with E-state index in [1.807, 2.05) is 0 Å². The minimum Gasteiger partial charge on any atom is -0.424 e. The Morgan fingerprint density at radius 1 is 1.41 bits per heavy atom. The van der Waals surface area contributed by atoms with E-state index in [9.17, 15) is 4.79 Å². The zero-order valence-electron chi connectivity index (χ0n) is 8.64. The molecule has 17 heavy (non-hydrogen) atoms. The van der Waals surface area contributed by atoms with Gasteiger partial charge in [0, 0.05) is 17.4 Å². The Kier molecular flexibility index (Phi) is 3.66. The Labute approximate surface area is 108 Å². The van der Waals surface area contributed by atoms with Crippen LogP contribution in [0.2, 0.25) is 10.0 Å². The lowest BCUT2D eigenvalue weighted by atomic mass is 10.3. The summed E-state index contributed by atoms with van der Waals surface area (Å²) in [7, 11) is 0. The second-order valence-corrected chi connectivity index (χ2v) is 4.13. The molecule has 0 unspecified atom stereocenters. The van der Waals surface area contributed by atoms with Crippen LogP contribution in [0.15, 0.2) is 36.9 Å². The van der Waals surface area contributed by atoms with E-state index in [2.05, 4.69) is 4.98 Å². The molecule has 2 aromatic rings. The van der Waals surface area contributed by atoms with Gasteiger partial charge in [-0.05, 0) is 18.2 Å². The number of ether oxygens (including phenoxy) is 1. The normalized spacial score (nSPS) is 10.2. The number of halogens is 2. The molecule has 0 atom stereocenters. The number of hydrogen-bond acceptors (Lipinski definition) is 3. The number of nitrogens with zero attached hydrogens (tertiary/aromatic N) is 2. The summed E-state index contributed by atoms with van der Waals surface area (Å²) >= 11 is 11.6. The molecule has 0 spiro atoms. The van der Waals surface area contributed by atoms with Gasteiger partial charge in [-0.15, -0.1) is 0 Å². The van der Waals surface area contributed by atoms with Crippen LogP contribution >= 0.6 is 23.2 Å². The summed E-state index contributed by atoms with van der Waals surface area (Å²) in [6.07, 6.45) is 4.79. The molecule has 4 nitrogen and oxygen atoms in total.